The predicted molar refractivity (Wildman–Crippen MR) is 46.3 cm³/mol. The number of halogens is 2. The van der Waals surface area contributed by atoms with Crippen LogP contribution in [0.2, 0.25) is 5.15 Å². The molecular formula is C7H5ClFN3O2. The Morgan fingerprint density at radius 3 is 2.64 bits per heavy atom. The smallest absolute Gasteiger partial charge is 0.319 e. The molecule has 3 amide bonds. The summed E-state index contributed by atoms with van der Waals surface area (Å²) in [6.45, 7) is 0. The molecule has 0 spiro atoms. The first-order valence-electron chi connectivity index (χ1n) is 3.43. The van der Waals surface area contributed by atoms with E-state index in [2.05, 4.69) is 4.98 Å². The summed E-state index contributed by atoms with van der Waals surface area (Å²) in [5.41, 5.74) is 4.58. The highest BCUT2D eigenvalue weighted by Gasteiger charge is 2.13. The molecule has 3 N–H and O–H groups in total. The van der Waals surface area contributed by atoms with Crippen molar-refractivity contribution in [1.29, 1.82) is 0 Å². The molecule has 0 unspecified atom stereocenters. The highest BCUT2D eigenvalue weighted by Crippen LogP contribution is 2.12. The van der Waals surface area contributed by atoms with Crippen molar-refractivity contribution in [3.05, 3.63) is 28.8 Å². The lowest BCUT2D eigenvalue weighted by atomic mass is 10.3. The molecule has 0 aliphatic heterocycles. The second kappa shape index (κ2) is 4.01. The third-order valence-electron chi connectivity index (χ3n) is 1.30. The molecule has 0 saturated carbocycles. The molecule has 0 radical (unpaired) electrons. The average molecular weight is 218 g/mol. The van der Waals surface area contributed by atoms with E-state index >= 15 is 0 Å². The fraction of sp³-hybridized carbons (Fsp3) is 0. The van der Waals surface area contributed by atoms with E-state index in [4.69, 9.17) is 17.3 Å². The summed E-state index contributed by atoms with van der Waals surface area (Å²) < 4.78 is 12.5. The van der Waals surface area contributed by atoms with Crippen molar-refractivity contribution in [1.82, 2.24) is 10.3 Å². The number of imide groups is 1. The molecule has 0 aliphatic rings. The van der Waals surface area contributed by atoms with E-state index in [1.807, 2.05) is 0 Å². The molecule has 7 heteroatoms. The van der Waals surface area contributed by atoms with Gasteiger partial charge < -0.3 is 5.73 Å². The number of hydrogen-bond acceptors (Lipinski definition) is 3. The van der Waals surface area contributed by atoms with Gasteiger partial charge >= 0.3 is 6.03 Å². The molecule has 0 aliphatic carbocycles. The van der Waals surface area contributed by atoms with Crippen LogP contribution in [0, 0.1) is 5.95 Å². The third-order valence-corrected chi connectivity index (χ3v) is 1.58. The fourth-order valence-electron chi connectivity index (χ4n) is 0.761. The normalized spacial score (nSPS) is 9.57. The van der Waals surface area contributed by atoms with Crippen molar-refractivity contribution in [2.75, 3.05) is 0 Å². The van der Waals surface area contributed by atoms with Crippen LogP contribution in [-0.2, 0) is 0 Å². The summed E-state index contributed by atoms with van der Waals surface area (Å²) in [6.07, 6.45) is 0. The molecule has 1 rings (SSSR count). The maximum atomic E-state index is 12.5. The number of carbonyl (C=O) groups is 2. The van der Waals surface area contributed by atoms with Gasteiger partial charge in [-0.2, -0.15) is 4.39 Å². The maximum Gasteiger partial charge on any atom is 0.319 e. The zero-order valence-electron chi connectivity index (χ0n) is 6.75. The second-order valence-corrected chi connectivity index (χ2v) is 2.65. The summed E-state index contributed by atoms with van der Waals surface area (Å²) in [5.74, 6) is -1.64. The highest BCUT2D eigenvalue weighted by atomic mass is 35.5. The maximum absolute atomic E-state index is 12.5. The van der Waals surface area contributed by atoms with Gasteiger partial charge in [-0.25, -0.2) is 9.78 Å². The Morgan fingerprint density at radius 1 is 1.50 bits per heavy atom. The lowest BCUT2D eigenvalue weighted by Gasteiger charge is -2.01. The Balaban J connectivity index is 2.96. The molecule has 0 fully saturated rings. The number of nitrogens with one attached hydrogen (secondary N) is 1. The van der Waals surface area contributed by atoms with Crippen LogP contribution in [0.5, 0.6) is 0 Å². The fourth-order valence-corrected chi connectivity index (χ4v) is 0.990. The van der Waals surface area contributed by atoms with Crippen molar-refractivity contribution in [2.24, 2.45) is 5.73 Å². The van der Waals surface area contributed by atoms with Crippen molar-refractivity contribution >= 4 is 23.5 Å². The Morgan fingerprint density at radius 2 is 2.14 bits per heavy atom. The van der Waals surface area contributed by atoms with Gasteiger partial charge in [0, 0.05) is 0 Å². The van der Waals surface area contributed by atoms with Crippen LogP contribution in [0.4, 0.5) is 9.18 Å². The van der Waals surface area contributed by atoms with E-state index in [-0.39, 0.29) is 10.7 Å². The van der Waals surface area contributed by atoms with Crippen LogP contribution in [0.15, 0.2) is 12.1 Å². The van der Waals surface area contributed by atoms with Gasteiger partial charge in [-0.3, -0.25) is 10.1 Å². The summed E-state index contributed by atoms with van der Waals surface area (Å²) >= 11 is 5.44. The van der Waals surface area contributed by atoms with Crippen molar-refractivity contribution < 1.29 is 14.0 Å². The van der Waals surface area contributed by atoms with E-state index in [1.165, 1.54) is 0 Å². The number of carbonyl (C=O) groups excluding carboxylic acids is 2. The van der Waals surface area contributed by atoms with Crippen molar-refractivity contribution in [2.45, 2.75) is 0 Å². The largest absolute Gasteiger partial charge is 0.351 e. The Labute approximate surface area is 83.1 Å². The molecule has 0 aromatic carbocycles. The minimum absolute atomic E-state index is 0.119. The first kappa shape index (κ1) is 10.4. The molecule has 14 heavy (non-hydrogen) atoms. The van der Waals surface area contributed by atoms with E-state index in [1.54, 1.807) is 5.32 Å². The summed E-state index contributed by atoms with van der Waals surface area (Å²) in [7, 11) is 0. The summed E-state index contributed by atoms with van der Waals surface area (Å²) in [5, 5.41) is 1.44. The van der Waals surface area contributed by atoms with Crippen LogP contribution in [-0.4, -0.2) is 16.9 Å². The zero-order valence-corrected chi connectivity index (χ0v) is 7.51. The van der Waals surface area contributed by atoms with Crippen LogP contribution in [0.1, 0.15) is 10.4 Å². The van der Waals surface area contributed by atoms with Crippen LogP contribution in [0.3, 0.4) is 0 Å². The molecule has 0 bridgehead atoms. The quantitative estimate of drug-likeness (QED) is 0.679. The van der Waals surface area contributed by atoms with Gasteiger partial charge in [0.25, 0.3) is 5.91 Å². The number of rotatable bonds is 1. The average Bonchev–Trinajstić information content (AvgIpc) is 2.01. The molecule has 74 valence electrons. The van der Waals surface area contributed by atoms with Gasteiger partial charge in [0.05, 0.1) is 5.56 Å². The molecule has 0 atom stereocenters. The molecular weight excluding hydrogens is 213 g/mol. The minimum atomic E-state index is -1.02. The van der Waals surface area contributed by atoms with Crippen LogP contribution >= 0.6 is 11.6 Å². The number of aromatic nitrogens is 1. The zero-order chi connectivity index (χ0) is 10.7. The molecule has 5 nitrogen and oxygen atoms in total. The van der Waals surface area contributed by atoms with Crippen molar-refractivity contribution in [3.63, 3.8) is 0 Å². The topological polar surface area (TPSA) is 85.1 Å². The van der Waals surface area contributed by atoms with Gasteiger partial charge in [-0.05, 0) is 12.1 Å². The summed E-state index contributed by atoms with van der Waals surface area (Å²) in [6, 6.07) is 1.03. The monoisotopic (exact) mass is 217 g/mol. The SMILES string of the molecule is NC(=O)NC(=O)c1ccc(F)nc1Cl. The number of nitrogens with zero attached hydrogens (tertiary/aromatic N) is 1. The van der Waals surface area contributed by atoms with Gasteiger partial charge in [0.1, 0.15) is 5.15 Å². The first-order valence-corrected chi connectivity index (χ1v) is 3.81. The number of amides is 3. The minimum Gasteiger partial charge on any atom is -0.351 e. The number of nitrogens with two attached hydrogens (primary N) is 1. The number of primary amides is 1. The highest BCUT2D eigenvalue weighted by molar-refractivity contribution is 6.33. The lowest BCUT2D eigenvalue weighted by molar-refractivity contribution is 0.0966. The van der Waals surface area contributed by atoms with Gasteiger partial charge in [-0.1, -0.05) is 11.6 Å². The van der Waals surface area contributed by atoms with Gasteiger partial charge in [-0.15, -0.1) is 0 Å². The third kappa shape index (κ3) is 2.40. The van der Waals surface area contributed by atoms with E-state index < -0.39 is 17.9 Å². The molecule has 0 saturated heterocycles. The van der Waals surface area contributed by atoms with E-state index in [0.717, 1.165) is 12.1 Å². The van der Waals surface area contributed by atoms with Crippen LogP contribution in [0.25, 0.3) is 0 Å². The lowest BCUT2D eigenvalue weighted by Crippen LogP contribution is -2.35. The number of urea groups is 1. The van der Waals surface area contributed by atoms with Gasteiger partial charge in [0.15, 0.2) is 0 Å². The van der Waals surface area contributed by atoms with Crippen LogP contribution < -0.4 is 11.1 Å². The van der Waals surface area contributed by atoms with E-state index in [9.17, 15) is 14.0 Å². The van der Waals surface area contributed by atoms with E-state index in [0.29, 0.717) is 0 Å². The number of hydrogen-bond donors (Lipinski definition) is 2. The Kier molecular flexibility index (Phi) is 2.98. The first-order chi connectivity index (χ1) is 6.50. The molecule has 1 aromatic rings. The Bertz CT molecular complexity index is 397. The van der Waals surface area contributed by atoms with Crippen molar-refractivity contribution in [3.8, 4) is 0 Å². The summed E-state index contributed by atoms with van der Waals surface area (Å²) in [4.78, 5) is 24.6. The standard InChI is InChI=1S/C7H5ClFN3O2/c8-5-3(1-2-4(9)11-5)6(13)12-7(10)14/h1-2H,(H3,10,12,13,14). The molecule has 1 aromatic heterocycles. The van der Waals surface area contributed by atoms with Gasteiger partial charge in [0.2, 0.25) is 5.95 Å². The molecule has 1 heterocycles. The predicted octanol–water partition coefficient (Wildman–Crippen LogP) is 0.683. The number of pyridine rings is 1. The Hall–Kier alpha value is -1.69. The second-order valence-electron chi connectivity index (χ2n) is 2.29.